The van der Waals surface area contributed by atoms with E-state index in [0.29, 0.717) is 24.9 Å². The van der Waals surface area contributed by atoms with Crippen LogP contribution in [0, 0.1) is 0 Å². The Morgan fingerprint density at radius 3 is 2.14 bits per heavy atom. The topological polar surface area (TPSA) is 230 Å². The van der Waals surface area contributed by atoms with E-state index in [0.717, 1.165) is 10.9 Å². The number of benzene rings is 1. The van der Waals surface area contributed by atoms with Crippen LogP contribution in [0.3, 0.4) is 0 Å². The predicted molar refractivity (Wildman–Crippen MR) is 134 cm³/mol. The SMILES string of the molecule is NCCCCC(NC(=O)C(CCC(=O)O)NC(=O)CN)C(=O)NC(Cc1c[nH]c2ccccc12)C(=O)O. The quantitative estimate of drug-likeness (QED) is 0.130. The van der Waals surface area contributed by atoms with Gasteiger partial charge >= 0.3 is 11.9 Å². The number of carbonyl (C=O) groups is 5. The molecule has 2 aromatic rings. The molecule has 0 fully saturated rings. The van der Waals surface area contributed by atoms with E-state index in [4.69, 9.17) is 16.6 Å². The number of para-hydroxylation sites is 1. The first kappa shape index (κ1) is 29.3. The van der Waals surface area contributed by atoms with Crippen LogP contribution >= 0.6 is 0 Å². The molecule has 0 bridgehead atoms. The molecule has 1 aromatic carbocycles. The van der Waals surface area contributed by atoms with Gasteiger partial charge in [-0.25, -0.2) is 4.79 Å². The number of carboxylic acids is 2. The molecule has 13 nitrogen and oxygen atoms in total. The van der Waals surface area contributed by atoms with Crippen LogP contribution in [0.25, 0.3) is 10.9 Å². The van der Waals surface area contributed by atoms with Gasteiger partial charge in [-0.15, -0.1) is 0 Å². The van der Waals surface area contributed by atoms with Crippen molar-refractivity contribution in [1.82, 2.24) is 20.9 Å². The number of hydrogen-bond acceptors (Lipinski definition) is 7. The highest BCUT2D eigenvalue weighted by Crippen LogP contribution is 2.19. The average molecular weight is 519 g/mol. The number of amides is 3. The second-order valence-corrected chi connectivity index (χ2v) is 8.57. The van der Waals surface area contributed by atoms with E-state index in [2.05, 4.69) is 20.9 Å². The first-order valence-electron chi connectivity index (χ1n) is 12.0. The minimum atomic E-state index is -1.28. The molecule has 202 valence electrons. The summed E-state index contributed by atoms with van der Waals surface area (Å²) in [5, 5.41) is 26.9. The zero-order valence-corrected chi connectivity index (χ0v) is 20.4. The van der Waals surface area contributed by atoms with Crippen molar-refractivity contribution in [3.8, 4) is 0 Å². The van der Waals surface area contributed by atoms with E-state index in [-0.39, 0.29) is 19.3 Å². The van der Waals surface area contributed by atoms with E-state index in [1.54, 1.807) is 6.20 Å². The van der Waals surface area contributed by atoms with Gasteiger partial charge in [0.2, 0.25) is 17.7 Å². The number of fused-ring (bicyclic) bond motifs is 1. The second kappa shape index (κ2) is 14.6. The molecule has 10 N–H and O–H groups in total. The molecule has 0 spiro atoms. The van der Waals surface area contributed by atoms with Crippen molar-refractivity contribution >= 4 is 40.6 Å². The van der Waals surface area contributed by atoms with Crippen molar-refractivity contribution < 1.29 is 34.2 Å². The van der Waals surface area contributed by atoms with E-state index in [1.807, 2.05) is 24.3 Å². The number of nitrogens with two attached hydrogens (primary N) is 2. The minimum absolute atomic E-state index is 0.00233. The highest BCUT2D eigenvalue weighted by Gasteiger charge is 2.30. The van der Waals surface area contributed by atoms with Crippen LogP contribution in [0.2, 0.25) is 0 Å². The van der Waals surface area contributed by atoms with Crippen molar-refractivity contribution in [3.63, 3.8) is 0 Å². The first-order chi connectivity index (χ1) is 17.7. The highest BCUT2D eigenvalue weighted by molar-refractivity contribution is 5.94. The molecular formula is C24H34N6O7. The summed E-state index contributed by atoms with van der Waals surface area (Å²) in [6.45, 7) is -0.0558. The summed E-state index contributed by atoms with van der Waals surface area (Å²) in [5.74, 6) is -4.59. The fourth-order valence-corrected chi connectivity index (χ4v) is 3.82. The molecule has 2 rings (SSSR count). The maximum atomic E-state index is 13.1. The number of aliphatic carboxylic acids is 2. The minimum Gasteiger partial charge on any atom is -0.481 e. The number of H-pyrrole nitrogens is 1. The van der Waals surface area contributed by atoms with Crippen LogP contribution in [0.5, 0.6) is 0 Å². The van der Waals surface area contributed by atoms with Crippen LogP contribution in [-0.2, 0) is 30.4 Å². The van der Waals surface area contributed by atoms with Gasteiger partial charge in [0.15, 0.2) is 0 Å². The summed E-state index contributed by atoms with van der Waals surface area (Å²) in [4.78, 5) is 63.8. The summed E-state index contributed by atoms with van der Waals surface area (Å²) in [7, 11) is 0. The lowest BCUT2D eigenvalue weighted by atomic mass is 10.0. The third-order valence-electron chi connectivity index (χ3n) is 5.78. The van der Waals surface area contributed by atoms with Gasteiger partial charge in [-0.2, -0.15) is 0 Å². The molecular weight excluding hydrogens is 484 g/mol. The van der Waals surface area contributed by atoms with Crippen LogP contribution in [-0.4, -0.2) is 76.1 Å². The lowest BCUT2D eigenvalue weighted by Crippen LogP contribution is -2.56. The number of hydrogen-bond donors (Lipinski definition) is 8. The fourth-order valence-electron chi connectivity index (χ4n) is 3.82. The molecule has 3 unspecified atom stereocenters. The van der Waals surface area contributed by atoms with E-state index >= 15 is 0 Å². The Bertz CT molecular complexity index is 1100. The Balaban J connectivity index is 2.17. The average Bonchev–Trinajstić information content (AvgIpc) is 3.27. The zero-order valence-electron chi connectivity index (χ0n) is 20.4. The molecule has 1 heterocycles. The number of carbonyl (C=O) groups excluding carboxylic acids is 3. The number of carboxylic acid groups (broad SMARTS) is 2. The molecule has 13 heteroatoms. The number of nitrogens with one attached hydrogen (secondary N) is 4. The van der Waals surface area contributed by atoms with Gasteiger partial charge in [-0.05, 0) is 43.9 Å². The van der Waals surface area contributed by atoms with Crippen molar-refractivity contribution in [2.24, 2.45) is 11.5 Å². The number of aromatic amines is 1. The lowest BCUT2D eigenvalue weighted by molar-refractivity contribution is -0.142. The Morgan fingerprint density at radius 1 is 0.865 bits per heavy atom. The van der Waals surface area contributed by atoms with Gasteiger partial charge in [0.25, 0.3) is 0 Å². The monoisotopic (exact) mass is 518 g/mol. The summed E-state index contributed by atoms with van der Waals surface area (Å²) < 4.78 is 0. The Hall–Kier alpha value is -3.97. The summed E-state index contributed by atoms with van der Waals surface area (Å²) >= 11 is 0. The second-order valence-electron chi connectivity index (χ2n) is 8.57. The molecule has 1 aromatic heterocycles. The maximum Gasteiger partial charge on any atom is 0.326 e. The summed E-state index contributed by atoms with van der Waals surface area (Å²) in [6.07, 6.45) is 2.24. The first-order valence-corrected chi connectivity index (χ1v) is 12.0. The van der Waals surface area contributed by atoms with E-state index in [1.165, 1.54) is 0 Å². The van der Waals surface area contributed by atoms with Crippen LogP contribution in [0.1, 0.15) is 37.7 Å². The number of aromatic nitrogens is 1. The number of rotatable bonds is 16. The zero-order chi connectivity index (χ0) is 27.4. The van der Waals surface area contributed by atoms with Crippen LogP contribution in [0.4, 0.5) is 0 Å². The van der Waals surface area contributed by atoms with Crippen molar-refractivity contribution in [1.29, 1.82) is 0 Å². The Labute approximate surface area is 213 Å². The van der Waals surface area contributed by atoms with Gasteiger partial charge in [0.05, 0.1) is 6.54 Å². The highest BCUT2D eigenvalue weighted by atomic mass is 16.4. The Morgan fingerprint density at radius 2 is 1.51 bits per heavy atom. The van der Waals surface area contributed by atoms with Crippen molar-refractivity contribution in [2.75, 3.05) is 13.1 Å². The smallest absolute Gasteiger partial charge is 0.326 e. The molecule has 0 saturated heterocycles. The van der Waals surface area contributed by atoms with Crippen LogP contribution < -0.4 is 27.4 Å². The molecule has 0 aliphatic rings. The molecule has 0 radical (unpaired) electrons. The third kappa shape index (κ3) is 9.20. The molecule has 37 heavy (non-hydrogen) atoms. The largest absolute Gasteiger partial charge is 0.481 e. The van der Waals surface area contributed by atoms with Crippen LogP contribution in [0.15, 0.2) is 30.5 Å². The molecule has 3 atom stereocenters. The normalized spacial score (nSPS) is 13.4. The molecule has 0 aliphatic carbocycles. The molecule has 3 amide bonds. The van der Waals surface area contributed by atoms with E-state index < -0.39 is 60.8 Å². The lowest BCUT2D eigenvalue weighted by Gasteiger charge is -2.24. The van der Waals surface area contributed by atoms with Gasteiger partial charge in [-0.3, -0.25) is 19.2 Å². The Kier molecular flexibility index (Phi) is 11.5. The van der Waals surface area contributed by atoms with Gasteiger partial charge in [-0.1, -0.05) is 18.2 Å². The van der Waals surface area contributed by atoms with Gasteiger partial charge in [0, 0.05) is 29.9 Å². The predicted octanol–water partition coefficient (Wildman–Crippen LogP) is -0.798. The van der Waals surface area contributed by atoms with Gasteiger partial charge in [0.1, 0.15) is 18.1 Å². The standard InChI is InChI=1S/C24H34N6O7/c25-10-4-3-7-17(29-23(35)18(8-9-21(32)33)28-20(31)12-26)22(34)30-19(24(36)37)11-14-13-27-16-6-2-1-5-15(14)16/h1-2,5-6,13,17-19,27H,3-4,7-12,25-26H2,(H,28,31)(H,29,35)(H,30,34)(H,32,33)(H,36,37). The maximum absolute atomic E-state index is 13.1. The third-order valence-corrected chi connectivity index (χ3v) is 5.78. The van der Waals surface area contributed by atoms with Crippen molar-refractivity contribution in [3.05, 3.63) is 36.0 Å². The summed E-state index contributed by atoms with van der Waals surface area (Å²) in [5.41, 5.74) is 12.3. The number of unbranched alkanes of at least 4 members (excludes halogenated alkanes) is 1. The van der Waals surface area contributed by atoms with Crippen molar-refractivity contribution in [2.45, 2.75) is 56.7 Å². The molecule has 0 aliphatic heterocycles. The molecule has 0 saturated carbocycles. The van der Waals surface area contributed by atoms with E-state index in [9.17, 15) is 29.1 Å². The fraction of sp³-hybridized carbons (Fsp3) is 0.458. The summed E-state index contributed by atoms with van der Waals surface area (Å²) in [6, 6.07) is 3.70. The van der Waals surface area contributed by atoms with Gasteiger partial charge < -0.3 is 42.6 Å².